The van der Waals surface area contributed by atoms with Crippen molar-refractivity contribution in [3.8, 4) is 0 Å². The molecule has 0 bridgehead atoms. The van der Waals surface area contributed by atoms with Crippen molar-refractivity contribution in [1.29, 1.82) is 0 Å². The number of aromatic nitrogens is 3. The highest BCUT2D eigenvalue weighted by Crippen LogP contribution is 2.13. The van der Waals surface area contributed by atoms with E-state index in [0.717, 1.165) is 18.1 Å². The lowest BCUT2D eigenvalue weighted by atomic mass is 10.4. The van der Waals surface area contributed by atoms with Gasteiger partial charge in [0, 0.05) is 24.2 Å². The first-order chi connectivity index (χ1) is 6.75. The van der Waals surface area contributed by atoms with E-state index in [0.29, 0.717) is 0 Å². The Bertz CT molecular complexity index is 418. The van der Waals surface area contributed by atoms with Crippen LogP contribution in [0.4, 0.5) is 5.82 Å². The summed E-state index contributed by atoms with van der Waals surface area (Å²) < 4.78 is 1.78. The Hall–Kier alpha value is -1.36. The van der Waals surface area contributed by atoms with Crippen LogP contribution in [0.3, 0.4) is 0 Å². The number of thiazole rings is 1. The van der Waals surface area contributed by atoms with Gasteiger partial charge in [0.1, 0.15) is 5.82 Å². The number of nitrogens with zero attached hydrogens (tertiary/aromatic N) is 3. The van der Waals surface area contributed by atoms with Crippen molar-refractivity contribution in [2.45, 2.75) is 13.5 Å². The molecule has 0 unspecified atom stereocenters. The van der Waals surface area contributed by atoms with E-state index in [9.17, 15) is 0 Å². The largest absolute Gasteiger partial charge is 0.364 e. The van der Waals surface area contributed by atoms with E-state index >= 15 is 0 Å². The molecule has 0 fully saturated rings. The SMILES string of the molecule is Cc1ncsc1CNc1ccn(C)n1. The normalized spacial score (nSPS) is 10.4. The van der Waals surface area contributed by atoms with Gasteiger partial charge in [-0.3, -0.25) is 4.68 Å². The van der Waals surface area contributed by atoms with Crippen molar-refractivity contribution in [2.75, 3.05) is 5.32 Å². The van der Waals surface area contributed by atoms with E-state index in [1.54, 1.807) is 16.0 Å². The van der Waals surface area contributed by atoms with Crippen LogP contribution in [0.25, 0.3) is 0 Å². The molecular weight excluding hydrogens is 196 g/mol. The van der Waals surface area contributed by atoms with Crippen molar-refractivity contribution in [3.05, 3.63) is 28.3 Å². The van der Waals surface area contributed by atoms with E-state index < -0.39 is 0 Å². The van der Waals surface area contributed by atoms with Gasteiger partial charge >= 0.3 is 0 Å². The Labute approximate surface area is 86.6 Å². The second kappa shape index (κ2) is 3.79. The Kier molecular flexibility index (Phi) is 2.49. The molecule has 2 aromatic rings. The number of aryl methyl sites for hydroxylation is 2. The molecule has 0 saturated carbocycles. The molecule has 0 aliphatic carbocycles. The van der Waals surface area contributed by atoms with Crippen molar-refractivity contribution < 1.29 is 0 Å². The van der Waals surface area contributed by atoms with Gasteiger partial charge in [0.15, 0.2) is 0 Å². The summed E-state index contributed by atoms with van der Waals surface area (Å²) in [6, 6.07) is 1.95. The molecule has 0 amide bonds. The summed E-state index contributed by atoms with van der Waals surface area (Å²) in [6.45, 7) is 2.82. The maximum atomic E-state index is 4.23. The molecule has 2 rings (SSSR count). The second-order valence-corrected chi connectivity index (χ2v) is 4.03. The lowest BCUT2D eigenvalue weighted by molar-refractivity contribution is 0.768. The number of hydrogen-bond donors (Lipinski definition) is 1. The zero-order valence-electron chi connectivity index (χ0n) is 8.19. The van der Waals surface area contributed by atoms with Crippen LogP contribution in [0.1, 0.15) is 10.6 Å². The van der Waals surface area contributed by atoms with Crippen LogP contribution in [0.15, 0.2) is 17.8 Å². The summed E-state index contributed by atoms with van der Waals surface area (Å²) >= 11 is 1.67. The molecule has 5 heteroatoms. The van der Waals surface area contributed by atoms with E-state index in [-0.39, 0.29) is 0 Å². The van der Waals surface area contributed by atoms with Crippen molar-refractivity contribution in [3.63, 3.8) is 0 Å². The predicted molar refractivity (Wildman–Crippen MR) is 57.4 cm³/mol. The Balaban J connectivity index is 1.98. The number of anilines is 1. The molecule has 2 heterocycles. The molecule has 74 valence electrons. The average molecular weight is 208 g/mol. The number of nitrogens with one attached hydrogen (secondary N) is 1. The fourth-order valence-electron chi connectivity index (χ4n) is 1.18. The maximum Gasteiger partial charge on any atom is 0.148 e. The second-order valence-electron chi connectivity index (χ2n) is 3.09. The Morgan fingerprint density at radius 3 is 3.00 bits per heavy atom. The molecule has 0 aromatic carbocycles. The summed E-state index contributed by atoms with van der Waals surface area (Å²) in [7, 11) is 1.91. The number of rotatable bonds is 3. The molecule has 0 aliphatic rings. The highest BCUT2D eigenvalue weighted by Gasteiger charge is 2.01. The molecule has 1 N–H and O–H groups in total. The first-order valence-corrected chi connectivity index (χ1v) is 5.26. The van der Waals surface area contributed by atoms with Crippen LogP contribution in [0, 0.1) is 6.92 Å². The lowest BCUT2D eigenvalue weighted by Gasteiger charge is -2.00. The van der Waals surface area contributed by atoms with Gasteiger partial charge in [-0.05, 0) is 6.92 Å². The summed E-state index contributed by atoms with van der Waals surface area (Å²) in [5, 5.41) is 7.48. The predicted octanol–water partition coefficient (Wildman–Crippen LogP) is 1.80. The molecule has 0 atom stereocenters. The van der Waals surface area contributed by atoms with Gasteiger partial charge < -0.3 is 5.32 Å². The van der Waals surface area contributed by atoms with Crippen LogP contribution in [0.5, 0.6) is 0 Å². The highest BCUT2D eigenvalue weighted by molar-refractivity contribution is 7.09. The molecule has 0 spiro atoms. The van der Waals surface area contributed by atoms with Gasteiger partial charge in [-0.2, -0.15) is 5.10 Å². The fraction of sp³-hybridized carbons (Fsp3) is 0.333. The maximum absolute atomic E-state index is 4.23. The zero-order chi connectivity index (χ0) is 9.97. The van der Waals surface area contributed by atoms with Crippen LogP contribution < -0.4 is 5.32 Å². The summed E-state index contributed by atoms with van der Waals surface area (Å²) in [5.41, 5.74) is 2.96. The molecule has 2 aromatic heterocycles. The van der Waals surface area contributed by atoms with Gasteiger partial charge in [-0.25, -0.2) is 4.98 Å². The molecule has 4 nitrogen and oxygen atoms in total. The minimum absolute atomic E-state index is 0.799. The summed E-state index contributed by atoms with van der Waals surface area (Å²) in [4.78, 5) is 5.45. The first-order valence-electron chi connectivity index (χ1n) is 4.38. The van der Waals surface area contributed by atoms with Crippen molar-refractivity contribution >= 4 is 17.2 Å². The molecule has 0 saturated heterocycles. The van der Waals surface area contributed by atoms with Crippen molar-refractivity contribution in [2.24, 2.45) is 7.05 Å². The van der Waals surface area contributed by atoms with Gasteiger partial charge in [-0.1, -0.05) is 0 Å². The van der Waals surface area contributed by atoms with E-state index in [1.165, 1.54) is 4.88 Å². The minimum Gasteiger partial charge on any atom is -0.364 e. The van der Waals surface area contributed by atoms with Gasteiger partial charge in [-0.15, -0.1) is 11.3 Å². The molecular formula is C9H12N4S. The van der Waals surface area contributed by atoms with E-state index in [1.807, 2.05) is 31.7 Å². The van der Waals surface area contributed by atoms with Gasteiger partial charge in [0.2, 0.25) is 0 Å². The van der Waals surface area contributed by atoms with Gasteiger partial charge in [0.25, 0.3) is 0 Å². The quantitative estimate of drug-likeness (QED) is 0.836. The third-order valence-corrected chi connectivity index (χ3v) is 2.92. The van der Waals surface area contributed by atoms with E-state index in [4.69, 9.17) is 0 Å². The highest BCUT2D eigenvalue weighted by atomic mass is 32.1. The monoisotopic (exact) mass is 208 g/mol. The van der Waals surface area contributed by atoms with Crippen LogP contribution in [-0.2, 0) is 13.6 Å². The van der Waals surface area contributed by atoms with E-state index in [2.05, 4.69) is 15.4 Å². The third kappa shape index (κ3) is 1.93. The van der Waals surface area contributed by atoms with Crippen LogP contribution in [0.2, 0.25) is 0 Å². The molecule has 14 heavy (non-hydrogen) atoms. The number of hydrogen-bond acceptors (Lipinski definition) is 4. The molecule has 0 radical (unpaired) electrons. The smallest absolute Gasteiger partial charge is 0.148 e. The molecule has 0 aliphatic heterocycles. The zero-order valence-corrected chi connectivity index (χ0v) is 9.01. The van der Waals surface area contributed by atoms with Gasteiger partial charge in [0.05, 0.1) is 17.7 Å². The first kappa shape index (κ1) is 9.21. The summed E-state index contributed by atoms with van der Waals surface area (Å²) in [6.07, 6.45) is 1.92. The minimum atomic E-state index is 0.799. The van der Waals surface area contributed by atoms with Crippen molar-refractivity contribution in [1.82, 2.24) is 14.8 Å². The van der Waals surface area contributed by atoms with Crippen LogP contribution >= 0.6 is 11.3 Å². The van der Waals surface area contributed by atoms with Crippen LogP contribution in [-0.4, -0.2) is 14.8 Å². The summed E-state index contributed by atoms with van der Waals surface area (Å²) in [5.74, 6) is 0.903. The fourth-order valence-corrected chi connectivity index (χ4v) is 1.89. The average Bonchev–Trinajstić information content (AvgIpc) is 2.72. The standard InChI is InChI=1S/C9H12N4S/c1-7-8(14-6-11-7)5-10-9-3-4-13(2)12-9/h3-4,6H,5H2,1-2H3,(H,10,12). The Morgan fingerprint density at radius 2 is 2.43 bits per heavy atom. The Morgan fingerprint density at radius 1 is 1.57 bits per heavy atom. The lowest BCUT2D eigenvalue weighted by Crippen LogP contribution is -2.00. The topological polar surface area (TPSA) is 42.7 Å². The third-order valence-electron chi connectivity index (χ3n) is 1.99.